The van der Waals surface area contributed by atoms with E-state index in [9.17, 15) is 14.5 Å². The van der Waals surface area contributed by atoms with Crippen molar-refractivity contribution >= 4 is 11.6 Å². The van der Waals surface area contributed by atoms with Gasteiger partial charge in [0.1, 0.15) is 5.82 Å². The first kappa shape index (κ1) is 18.4. The van der Waals surface area contributed by atoms with E-state index in [2.05, 4.69) is 15.6 Å². The average Bonchev–Trinajstić information content (AvgIpc) is 2.60. The highest BCUT2D eigenvalue weighted by Crippen LogP contribution is 2.12. The van der Waals surface area contributed by atoms with Crippen LogP contribution in [0.5, 0.6) is 0 Å². The molecule has 0 amide bonds. The van der Waals surface area contributed by atoms with E-state index in [1.54, 1.807) is 18.2 Å². The lowest BCUT2D eigenvalue weighted by molar-refractivity contribution is -0.384. The molecule has 2 aromatic rings. The summed E-state index contributed by atoms with van der Waals surface area (Å²) in [5, 5.41) is 17.0. The Kier molecular flexibility index (Phi) is 6.88. The van der Waals surface area contributed by atoms with E-state index >= 15 is 0 Å². The number of benzene rings is 2. The number of halogens is 1. The number of nitro groups is 1. The minimum Gasteiger partial charge on any atom is -0.357 e. The number of nitro benzene ring substituents is 1. The predicted molar refractivity (Wildman–Crippen MR) is 96.0 cm³/mol. The van der Waals surface area contributed by atoms with Gasteiger partial charge in [-0.15, -0.1) is 0 Å². The Bertz CT molecular complexity index is 732. The lowest BCUT2D eigenvalue weighted by Gasteiger charge is -2.11. The van der Waals surface area contributed by atoms with Crippen molar-refractivity contribution in [3.63, 3.8) is 0 Å². The van der Waals surface area contributed by atoms with Gasteiger partial charge in [0.25, 0.3) is 5.69 Å². The summed E-state index contributed by atoms with van der Waals surface area (Å²) in [5.41, 5.74) is 1.86. The van der Waals surface area contributed by atoms with Gasteiger partial charge in [0.05, 0.1) is 11.5 Å². The zero-order chi connectivity index (χ0) is 18.1. The number of hydrogen-bond donors (Lipinski definition) is 2. The first-order valence-electron chi connectivity index (χ1n) is 8.08. The summed E-state index contributed by atoms with van der Waals surface area (Å²) in [6, 6.07) is 12.8. The van der Waals surface area contributed by atoms with Gasteiger partial charge in [-0.05, 0) is 36.6 Å². The van der Waals surface area contributed by atoms with E-state index in [-0.39, 0.29) is 11.5 Å². The smallest absolute Gasteiger partial charge is 0.269 e. The highest BCUT2D eigenvalue weighted by Gasteiger charge is 2.04. The van der Waals surface area contributed by atoms with E-state index in [0.717, 1.165) is 11.1 Å². The van der Waals surface area contributed by atoms with Gasteiger partial charge >= 0.3 is 0 Å². The minimum absolute atomic E-state index is 0.0628. The van der Waals surface area contributed by atoms with Crippen LogP contribution in [-0.2, 0) is 13.0 Å². The molecule has 7 heteroatoms. The van der Waals surface area contributed by atoms with Gasteiger partial charge in [0.2, 0.25) is 0 Å². The van der Waals surface area contributed by atoms with E-state index in [0.29, 0.717) is 32.0 Å². The molecule has 25 heavy (non-hydrogen) atoms. The molecule has 0 radical (unpaired) electrons. The van der Waals surface area contributed by atoms with Crippen LogP contribution in [0.15, 0.2) is 53.5 Å². The first-order chi connectivity index (χ1) is 12.1. The van der Waals surface area contributed by atoms with Crippen molar-refractivity contribution in [2.75, 3.05) is 13.1 Å². The van der Waals surface area contributed by atoms with Crippen LogP contribution in [-0.4, -0.2) is 24.0 Å². The van der Waals surface area contributed by atoms with Crippen LogP contribution >= 0.6 is 0 Å². The number of non-ortho nitro benzene ring substituents is 1. The fourth-order valence-corrected chi connectivity index (χ4v) is 2.25. The Morgan fingerprint density at radius 2 is 1.92 bits per heavy atom. The predicted octanol–water partition coefficient (Wildman–Crippen LogP) is 3.03. The molecule has 0 unspecified atom stereocenters. The molecule has 0 aliphatic heterocycles. The largest absolute Gasteiger partial charge is 0.357 e. The second-order valence-corrected chi connectivity index (χ2v) is 5.43. The zero-order valence-electron chi connectivity index (χ0n) is 14.0. The third kappa shape index (κ3) is 6.21. The summed E-state index contributed by atoms with van der Waals surface area (Å²) in [6.45, 7) is 3.71. The van der Waals surface area contributed by atoms with Crippen molar-refractivity contribution in [2.45, 2.75) is 19.9 Å². The minimum atomic E-state index is -0.426. The van der Waals surface area contributed by atoms with Crippen LogP contribution in [0.2, 0.25) is 0 Å². The lowest BCUT2D eigenvalue weighted by atomic mass is 10.1. The molecule has 0 saturated heterocycles. The Morgan fingerprint density at radius 3 is 2.56 bits per heavy atom. The van der Waals surface area contributed by atoms with Crippen molar-refractivity contribution in [2.24, 2.45) is 4.99 Å². The summed E-state index contributed by atoms with van der Waals surface area (Å²) < 4.78 is 13.2. The Labute approximate surface area is 145 Å². The topological polar surface area (TPSA) is 79.6 Å². The van der Waals surface area contributed by atoms with E-state index in [1.807, 2.05) is 13.0 Å². The maximum atomic E-state index is 13.2. The molecule has 0 fully saturated rings. The zero-order valence-corrected chi connectivity index (χ0v) is 14.0. The fraction of sp³-hybridized carbons (Fsp3) is 0.278. The SMILES string of the molecule is CCNC(=NCc1ccc([N+](=O)[O-])cc1)NCCc1cccc(F)c1. The van der Waals surface area contributed by atoms with Crippen LogP contribution in [0.3, 0.4) is 0 Å². The molecule has 0 aliphatic rings. The van der Waals surface area contributed by atoms with Crippen molar-refractivity contribution < 1.29 is 9.31 Å². The lowest BCUT2D eigenvalue weighted by Crippen LogP contribution is -2.38. The number of nitrogens with zero attached hydrogens (tertiary/aromatic N) is 2. The number of nitrogens with one attached hydrogen (secondary N) is 2. The highest BCUT2D eigenvalue weighted by molar-refractivity contribution is 5.79. The highest BCUT2D eigenvalue weighted by atomic mass is 19.1. The summed E-state index contributed by atoms with van der Waals surface area (Å²) in [4.78, 5) is 14.7. The third-order valence-electron chi connectivity index (χ3n) is 3.51. The van der Waals surface area contributed by atoms with Crippen LogP contribution in [0.4, 0.5) is 10.1 Å². The Balaban J connectivity index is 1.90. The maximum Gasteiger partial charge on any atom is 0.269 e. The van der Waals surface area contributed by atoms with Crippen LogP contribution in [0.25, 0.3) is 0 Å². The standard InChI is InChI=1S/C18H21FN4O2/c1-2-20-18(21-11-10-14-4-3-5-16(19)12-14)22-13-15-6-8-17(9-7-15)23(24)25/h3-9,12H,2,10-11,13H2,1H3,(H2,20,21,22). The van der Waals surface area contributed by atoms with Crippen molar-refractivity contribution in [1.82, 2.24) is 10.6 Å². The Hall–Kier alpha value is -2.96. The van der Waals surface area contributed by atoms with Crippen LogP contribution in [0, 0.1) is 15.9 Å². The molecule has 132 valence electrons. The molecule has 2 rings (SSSR count). The van der Waals surface area contributed by atoms with E-state index in [4.69, 9.17) is 0 Å². The normalized spacial score (nSPS) is 11.2. The maximum absolute atomic E-state index is 13.2. The number of guanidine groups is 1. The molecule has 0 heterocycles. The van der Waals surface area contributed by atoms with Crippen LogP contribution in [0.1, 0.15) is 18.1 Å². The monoisotopic (exact) mass is 344 g/mol. The summed E-state index contributed by atoms with van der Waals surface area (Å²) in [7, 11) is 0. The van der Waals surface area contributed by atoms with Gasteiger partial charge in [0.15, 0.2) is 5.96 Å². The molecule has 0 bridgehead atoms. The van der Waals surface area contributed by atoms with Gasteiger partial charge in [0, 0.05) is 25.2 Å². The molecule has 0 spiro atoms. The Morgan fingerprint density at radius 1 is 1.16 bits per heavy atom. The molecule has 0 saturated carbocycles. The van der Waals surface area contributed by atoms with Crippen molar-refractivity contribution in [3.05, 3.63) is 75.6 Å². The quantitative estimate of drug-likeness (QED) is 0.350. The second-order valence-electron chi connectivity index (χ2n) is 5.43. The number of hydrogen-bond acceptors (Lipinski definition) is 3. The van der Waals surface area contributed by atoms with Crippen molar-refractivity contribution in [3.8, 4) is 0 Å². The first-order valence-corrected chi connectivity index (χ1v) is 8.08. The second kappa shape index (κ2) is 9.36. The molecular weight excluding hydrogens is 323 g/mol. The van der Waals surface area contributed by atoms with Gasteiger partial charge in [-0.25, -0.2) is 9.38 Å². The van der Waals surface area contributed by atoms with E-state index < -0.39 is 4.92 Å². The van der Waals surface area contributed by atoms with Gasteiger partial charge in [-0.2, -0.15) is 0 Å². The molecular formula is C18H21FN4O2. The molecule has 2 N–H and O–H groups in total. The summed E-state index contributed by atoms with van der Waals surface area (Å²) in [5.74, 6) is 0.411. The number of rotatable bonds is 7. The van der Waals surface area contributed by atoms with E-state index in [1.165, 1.54) is 24.3 Å². The molecule has 0 atom stereocenters. The van der Waals surface area contributed by atoms with Gasteiger partial charge in [-0.3, -0.25) is 10.1 Å². The number of aliphatic imine (C=N–C) groups is 1. The third-order valence-corrected chi connectivity index (χ3v) is 3.51. The van der Waals surface area contributed by atoms with Crippen molar-refractivity contribution in [1.29, 1.82) is 0 Å². The average molecular weight is 344 g/mol. The summed E-state index contributed by atoms with van der Waals surface area (Å²) >= 11 is 0. The molecule has 0 aliphatic carbocycles. The van der Waals surface area contributed by atoms with Crippen LogP contribution < -0.4 is 10.6 Å². The fourth-order valence-electron chi connectivity index (χ4n) is 2.25. The molecule has 6 nitrogen and oxygen atoms in total. The molecule has 2 aromatic carbocycles. The van der Waals surface area contributed by atoms with Gasteiger partial charge < -0.3 is 10.6 Å². The van der Waals surface area contributed by atoms with Gasteiger partial charge in [-0.1, -0.05) is 24.3 Å². The summed E-state index contributed by atoms with van der Waals surface area (Å²) in [6.07, 6.45) is 0.680. The molecule has 0 aromatic heterocycles.